The highest BCUT2D eigenvalue weighted by molar-refractivity contribution is 9.10. The smallest absolute Gasteiger partial charge is 0.268 e. The van der Waals surface area contributed by atoms with Crippen LogP contribution < -0.4 is 5.32 Å². The number of nitrogens with zero attached hydrogens (tertiary/aromatic N) is 2. The van der Waals surface area contributed by atoms with Gasteiger partial charge in [-0.2, -0.15) is 0 Å². The Balaban J connectivity index is 1.55. The lowest BCUT2D eigenvalue weighted by Gasteiger charge is -2.49. The van der Waals surface area contributed by atoms with Crippen LogP contribution in [0.4, 0.5) is 0 Å². The summed E-state index contributed by atoms with van der Waals surface area (Å²) in [6.45, 7) is 4.60. The van der Waals surface area contributed by atoms with Gasteiger partial charge in [-0.3, -0.25) is 9.69 Å². The maximum absolute atomic E-state index is 12.9. The molecule has 4 nitrogen and oxygen atoms in total. The van der Waals surface area contributed by atoms with E-state index >= 15 is 0 Å². The van der Waals surface area contributed by atoms with Crippen molar-refractivity contribution in [3.05, 3.63) is 46.6 Å². The lowest BCUT2D eigenvalue weighted by atomic mass is 9.79. The van der Waals surface area contributed by atoms with Gasteiger partial charge in [0.2, 0.25) is 0 Å². The predicted molar refractivity (Wildman–Crippen MR) is 104 cm³/mol. The lowest BCUT2D eigenvalue weighted by molar-refractivity contribution is 0.0215. The van der Waals surface area contributed by atoms with E-state index in [1.54, 1.807) is 0 Å². The van der Waals surface area contributed by atoms with Crippen LogP contribution in [0.5, 0.6) is 0 Å². The first-order valence-electron chi connectivity index (χ1n) is 9.01. The van der Waals surface area contributed by atoms with Gasteiger partial charge in [0, 0.05) is 29.3 Å². The second kappa shape index (κ2) is 6.61. The number of piperidine rings is 3. The SMILES string of the molecule is CC1C(NC(=O)c2ccc(-c3cccc(Br)c3)n2C)C2CCN1CC2. The molecule has 2 unspecified atom stereocenters. The maximum Gasteiger partial charge on any atom is 0.268 e. The average Bonchev–Trinajstić information content (AvgIpc) is 3.00. The Morgan fingerprint density at radius 2 is 1.96 bits per heavy atom. The van der Waals surface area contributed by atoms with Crippen molar-refractivity contribution in [2.75, 3.05) is 13.1 Å². The minimum absolute atomic E-state index is 0.0364. The summed E-state index contributed by atoms with van der Waals surface area (Å²) in [6, 6.07) is 12.8. The predicted octanol–water partition coefficient (Wildman–Crippen LogP) is 3.67. The molecule has 0 spiro atoms. The first-order chi connectivity index (χ1) is 12.0. The Kier molecular flexibility index (Phi) is 4.46. The fourth-order valence-corrected chi connectivity index (χ4v) is 4.85. The topological polar surface area (TPSA) is 37.3 Å². The fraction of sp³-hybridized carbons (Fsp3) is 0.450. The minimum Gasteiger partial charge on any atom is -0.346 e. The third-order valence-corrected chi connectivity index (χ3v) is 6.44. The van der Waals surface area contributed by atoms with Crippen LogP contribution in [0.25, 0.3) is 11.3 Å². The molecule has 2 aromatic rings. The molecular formula is C20H24BrN3O. The molecule has 2 atom stereocenters. The van der Waals surface area contributed by atoms with E-state index in [9.17, 15) is 4.79 Å². The number of carbonyl (C=O) groups is 1. The van der Waals surface area contributed by atoms with E-state index in [2.05, 4.69) is 45.2 Å². The molecule has 0 radical (unpaired) electrons. The van der Waals surface area contributed by atoms with Crippen molar-refractivity contribution in [1.82, 2.24) is 14.8 Å². The third-order valence-electron chi connectivity index (χ3n) is 5.95. The molecule has 1 aromatic carbocycles. The van der Waals surface area contributed by atoms with Crippen molar-refractivity contribution in [2.24, 2.45) is 13.0 Å². The molecule has 3 aliphatic rings. The van der Waals surface area contributed by atoms with Crippen molar-refractivity contribution >= 4 is 21.8 Å². The average molecular weight is 402 g/mol. The Morgan fingerprint density at radius 3 is 2.64 bits per heavy atom. The summed E-state index contributed by atoms with van der Waals surface area (Å²) >= 11 is 3.52. The van der Waals surface area contributed by atoms with Crippen LogP contribution in [-0.4, -0.2) is 40.5 Å². The number of hydrogen-bond donors (Lipinski definition) is 1. The second-order valence-electron chi connectivity index (χ2n) is 7.29. The number of halogens is 1. The van der Waals surface area contributed by atoms with Gasteiger partial charge in [0.05, 0.1) is 0 Å². The lowest BCUT2D eigenvalue weighted by Crippen LogP contribution is -2.62. The van der Waals surface area contributed by atoms with Gasteiger partial charge in [-0.05, 0) is 68.6 Å². The number of benzene rings is 1. The Labute approximate surface area is 157 Å². The molecule has 5 heteroatoms. The van der Waals surface area contributed by atoms with Crippen LogP contribution in [0.15, 0.2) is 40.9 Å². The Morgan fingerprint density at radius 1 is 1.20 bits per heavy atom. The molecule has 3 aliphatic heterocycles. The summed E-state index contributed by atoms with van der Waals surface area (Å²) in [4.78, 5) is 15.4. The summed E-state index contributed by atoms with van der Waals surface area (Å²) in [6.07, 6.45) is 2.40. The number of rotatable bonds is 3. The van der Waals surface area contributed by atoms with Crippen LogP contribution in [0.3, 0.4) is 0 Å². The monoisotopic (exact) mass is 401 g/mol. The van der Waals surface area contributed by atoms with Crippen LogP contribution in [0, 0.1) is 5.92 Å². The number of amides is 1. The number of fused-ring (bicyclic) bond motifs is 3. The molecule has 3 fully saturated rings. The number of carbonyl (C=O) groups excluding carboxylic acids is 1. The molecular weight excluding hydrogens is 378 g/mol. The van der Waals surface area contributed by atoms with E-state index in [0.717, 1.165) is 21.4 Å². The highest BCUT2D eigenvalue weighted by Crippen LogP contribution is 2.32. The van der Waals surface area contributed by atoms with E-state index in [0.29, 0.717) is 12.0 Å². The van der Waals surface area contributed by atoms with Crippen LogP contribution in [-0.2, 0) is 7.05 Å². The van der Waals surface area contributed by atoms with Gasteiger partial charge in [0.15, 0.2) is 0 Å². The number of hydrogen-bond acceptors (Lipinski definition) is 2. The van der Waals surface area contributed by atoms with Crippen LogP contribution >= 0.6 is 15.9 Å². The molecule has 2 bridgehead atoms. The van der Waals surface area contributed by atoms with Crippen molar-refractivity contribution < 1.29 is 4.79 Å². The van der Waals surface area contributed by atoms with Gasteiger partial charge < -0.3 is 9.88 Å². The molecule has 0 saturated carbocycles. The molecule has 1 aromatic heterocycles. The first kappa shape index (κ1) is 16.9. The minimum atomic E-state index is 0.0364. The van der Waals surface area contributed by atoms with E-state index in [-0.39, 0.29) is 11.9 Å². The van der Waals surface area contributed by atoms with Crippen molar-refractivity contribution in [1.29, 1.82) is 0 Å². The van der Waals surface area contributed by atoms with E-state index in [4.69, 9.17) is 0 Å². The summed E-state index contributed by atoms with van der Waals surface area (Å²) in [5.74, 6) is 0.656. The molecule has 3 saturated heterocycles. The molecule has 1 amide bonds. The molecule has 1 N–H and O–H groups in total. The number of nitrogens with one attached hydrogen (secondary N) is 1. The van der Waals surface area contributed by atoms with Gasteiger partial charge in [-0.15, -0.1) is 0 Å². The standard InChI is InChI=1S/C20H24BrN3O/c1-13-19(14-8-10-24(13)11-9-14)22-20(25)18-7-6-17(23(18)2)15-4-3-5-16(21)12-15/h3-7,12-14,19H,8-11H2,1-2H3,(H,22,25). The Hall–Kier alpha value is -1.59. The first-order valence-corrected chi connectivity index (χ1v) is 9.80. The van der Waals surface area contributed by atoms with Gasteiger partial charge >= 0.3 is 0 Å². The van der Waals surface area contributed by atoms with Crippen LogP contribution in [0.1, 0.15) is 30.3 Å². The zero-order chi connectivity index (χ0) is 17.6. The fourth-order valence-electron chi connectivity index (χ4n) is 4.45. The van der Waals surface area contributed by atoms with E-state index in [1.807, 2.05) is 35.9 Å². The quantitative estimate of drug-likeness (QED) is 0.851. The highest BCUT2D eigenvalue weighted by Gasteiger charge is 2.40. The third kappa shape index (κ3) is 3.04. The molecule has 4 heterocycles. The van der Waals surface area contributed by atoms with Gasteiger partial charge in [-0.25, -0.2) is 0 Å². The van der Waals surface area contributed by atoms with Gasteiger partial charge in [0.25, 0.3) is 5.91 Å². The van der Waals surface area contributed by atoms with Crippen molar-refractivity contribution in [2.45, 2.75) is 31.8 Å². The van der Waals surface area contributed by atoms with Gasteiger partial charge in [0.1, 0.15) is 5.69 Å². The number of aromatic nitrogens is 1. The Bertz CT molecular complexity index is 790. The van der Waals surface area contributed by atoms with E-state index < -0.39 is 0 Å². The van der Waals surface area contributed by atoms with Crippen molar-refractivity contribution in [3.8, 4) is 11.3 Å². The van der Waals surface area contributed by atoms with Crippen molar-refractivity contribution in [3.63, 3.8) is 0 Å². The van der Waals surface area contributed by atoms with Gasteiger partial charge in [-0.1, -0.05) is 28.1 Å². The highest BCUT2D eigenvalue weighted by atomic mass is 79.9. The largest absolute Gasteiger partial charge is 0.346 e. The summed E-state index contributed by atoms with van der Waals surface area (Å²) in [5, 5.41) is 3.32. The summed E-state index contributed by atoms with van der Waals surface area (Å²) in [7, 11) is 1.96. The zero-order valence-electron chi connectivity index (χ0n) is 14.7. The van der Waals surface area contributed by atoms with E-state index in [1.165, 1.54) is 25.9 Å². The van der Waals surface area contributed by atoms with Crippen LogP contribution in [0.2, 0.25) is 0 Å². The molecule has 132 valence electrons. The second-order valence-corrected chi connectivity index (χ2v) is 8.20. The molecule has 25 heavy (non-hydrogen) atoms. The molecule has 5 rings (SSSR count). The summed E-state index contributed by atoms with van der Waals surface area (Å²) < 4.78 is 3.03. The zero-order valence-corrected chi connectivity index (χ0v) is 16.3. The summed E-state index contributed by atoms with van der Waals surface area (Å²) in [5.41, 5.74) is 2.87. The normalized spacial score (nSPS) is 28.1. The maximum atomic E-state index is 12.9. The molecule has 0 aliphatic carbocycles.